The van der Waals surface area contributed by atoms with E-state index < -0.39 is 0 Å². The monoisotopic (exact) mass is 198 g/mol. The van der Waals surface area contributed by atoms with E-state index in [1.165, 1.54) is 5.57 Å². The van der Waals surface area contributed by atoms with Crippen molar-refractivity contribution in [3.63, 3.8) is 0 Å². The van der Waals surface area contributed by atoms with Gasteiger partial charge in [0.25, 0.3) is 0 Å². The van der Waals surface area contributed by atoms with Crippen molar-refractivity contribution in [2.75, 3.05) is 0 Å². The molecule has 1 atom stereocenters. The van der Waals surface area contributed by atoms with Gasteiger partial charge in [0.15, 0.2) is 5.78 Å². The summed E-state index contributed by atoms with van der Waals surface area (Å²) in [7, 11) is 0. The normalized spacial score (nSPS) is 28.0. The van der Waals surface area contributed by atoms with Crippen molar-refractivity contribution in [2.45, 2.75) is 12.8 Å². The number of carbonyl (C=O) groups is 2. The Morgan fingerprint density at radius 3 is 2.80 bits per heavy atom. The number of ketones is 2. The van der Waals surface area contributed by atoms with Crippen LogP contribution in [0.2, 0.25) is 0 Å². The van der Waals surface area contributed by atoms with Gasteiger partial charge >= 0.3 is 0 Å². The van der Waals surface area contributed by atoms with Crippen LogP contribution in [0.4, 0.5) is 0 Å². The highest BCUT2D eigenvalue weighted by Gasteiger charge is 2.32. The minimum Gasteiger partial charge on any atom is -0.299 e. The second kappa shape index (κ2) is 2.89. The first-order chi connectivity index (χ1) is 7.25. The number of rotatable bonds is 0. The maximum Gasteiger partial charge on any atom is 0.179 e. The van der Waals surface area contributed by atoms with E-state index in [4.69, 9.17) is 0 Å². The van der Waals surface area contributed by atoms with Gasteiger partial charge in [-0.25, -0.2) is 0 Å². The Morgan fingerprint density at radius 1 is 1.07 bits per heavy atom. The predicted molar refractivity (Wildman–Crippen MR) is 56.1 cm³/mol. The third kappa shape index (κ3) is 1.18. The van der Waals surface area contributed by atoms with E-state index in [0.717, 1.165) is 17.6 Å². The predicted octanol–water partition coefficient (Wildman–Crippen LogP) is 1.90. The Balaban J connectivity index is 2.15. The van der Waals surface area contributed by atoms with Gasteiger partial charge in [0.1, 0.15) is 5.78 Å². The summed E-state index contributed by atoms with van der Waals surface area (Å²) in [6.45, 7) is 0. The van der Waals surface area contributed by atoms with Crippen LogP contribution >= 0.6 is 0 Å². The molecule has 0 radical (unpaired) electrons. The van der Waals surface area contributed by atoms with Crippen molar-refractivity contribution in [1.29, 1.82) is 0 Å². The largest absolute Gasteiger partial charge is 0.299 e. The second-order valence-corrected chi connectivity index (χ2v) is 4.08. The summed E-state index contributed by atoms with van der Waals surface area (Å²) in [5.74, 6) is 0.315. The number of hydrogen-bond acceptors (Lipinski definition) is 2. The molecule has 3 rings (SSSR count). The summed E-state index contributed by atoms with van der Waals surface area (Å²) in [6.07, 6.45) is 10.4. The third-order valence-corrected chi connectivity index (χ3v) is 3.20. The van der Waals surface area contributed by atoms with Crippen molar-refractivity contribution in [2.24, 2.45) is 5.92 Å². The molecular formula is C13H10O2. The van der Waals surface area contributed by atoms with Crippen LogP contribution in [0.3, 0.4) is 0 Å². The SMILES string of the molecule is O=C1C=CC2=C3CCC(=O)C3C=CC2=C1. The van der Waals surface area contributed by atoms with Gasteiger partial charge in [-0.15, -0.1) is 0 Å². The number of carbonyl (C=O) groups excluding carboxylic acids is 2. The van der Waals surface area contributed by atoms with Gasteiger partial charge in [-0.05, 0) is 35.3 Å². The van der Waals surface area contributed by atoms with Crippen LogP contribution in [0.15, 0.2) is 47.1 Å². The zero-order chi connectivity index (χ0) is 10.4. The first-order valence-corrected chi connectivity index (χ1v) is 5.14. The molecule has 2 heteroatoms. The Bertz CT molecular complexity index is 487. The molecule has 0 spiro atoms. The van der Waals surface area contributed by atoms with Crippen LogP contribution in [0.25, 0.3) is 0 Å². The summed E-state index contributed by atoms with van der Waals surface area (Å²) in [5, 5.41) is 0. The molecule has 0 aliphatic heterocycles. The van der Waals surface area contributed by atoms with E-state index in [9.17, 15) is 9.59 Å². The Kier molecular flexibility index (Phi) is 1.66. The number of fused-ring (bicyclic) bond motifs is 2. The van der Waals surface area contributed by atoms with Gasteiger partial charge in [-0.2, -0.15) is 0 Å². The topological polar surface area (TPSA) is 34.1 Å². The molecule has 3 aliphatic rings. The average Bonchev–Trinajstić information content (AvgIpc) is 2.60. The molecule has 1 fully saturated rings. The van der Waals surface area contributed by atoms with Crippen molar-refractivity contribution in [3.05, 3.63) is 47.1 Å². The van der Waals surface area contributed by atoms with Gasteiger partial charge < -0.3 is 0 Å². The second-order valence-electron chi connectivity index (χ2n) is 4.08. The summed E-state index contributed by atoms with van der Waals surface area (Å²) in [4.78, 5) is 22.7. The fourth-order valence-electron chi connectivity index (χ4n) is 2.46. The molecule has 0 amide bonds. The van der Waals surface area contributed by atoms with Gasteiger partial charge in [-0.1, -0.05) is 18.2 Å². The van der Waals surface area contributed by atoms with Gasteiger partial charge in [0.05, 0.1) is 5.92 Å². The van der Waals surface area contributed by atoms with E-state index in [2.05, 4.69) is 0 Å². The van der Waals surface area contributed by atoms with Crippen molar-refractivity contribution in [1.82, 2.24) is 0 Å². The fourth-order valence-corrected chi connectivity index (χ4v) is 2.46. The average molecular weight is 198 g/mol. The summed E-state index contributed by atoms with van der Waals surface area (Å²) in [6, 6.07) is 0. The maximum atomic E-state index is 11.6. The van der Waals surface area contributed by atoms with Gasteiger partial charge in [0.2, 0.25) is 0 Å². The number of hydrogen-bond donors (Lipinski definition) is 0. The Hall–Kier alpha value is -1.70. The molecule has 1 unspecified atom stereocenters. The van der Waals surface area contributed by atoms with E-state index in [1.54, 1.807) is 12.2 Å². The zero-order valence-corrected chi connectivity index (χ0v) is 8.19. The molecule has 0 heterocycles. The lowest BCUT2D eigenvalue weighted by molar-refractivity contribution is -0.119. The minimum atomic E-state index is -0.0185. The first kappa shape index (κ1) is 8.60. The van der Waals surface area contributed by atoms with E-state index in [1.807, 2.05) is 18.2 Å². The van der Waals surface area contributed by atoms with Crippen molar-refractivity contribution in [3.8, 4) is 0 Å². The minimum absolute atomic E-state index is 0.0185. The van der Waals surface area contributed by atoms with Gasteiger partial charge in [0, 0.05) is 6.42 Å². The first-order valence-electron chi connectivity index (χ1n) is 5.14. The van der Waals surface area contributed by atoms with Crippen LogP contribution in [0.1, 0.15) is 12.8 Å². The molecule has 1 saturated carbocycles. The summed E-state index contributed by atoms with van der Waals surface area (Å²) >= 11 is 0. The van der Waals surface area contributed by atoms with E-state index in [-0.39, 0.29) is 11.7 Å². The van der Waals surface area contributed by atoms with E-state index >= 15 is 0 Å². The lowest BCUT2D eigenvalue weighted by Crippen LogP contribution is -2.12. The number of allylic oxidation sites excluding steroid dienone is 8. The third-order valence-electron chi connectivity index (χ3n) is 3.20. The molecule has 15 heavy (non-hydrogen) atoms. The molecule has 0 saturated heterocycles. The zero-order valence-electron chi connectivity index (χ0n) is 8.19. The smallest absolute Gasteiger partial charge is 0.179 e. The lowest BCUT2D eigenvalue weighted by Gasteiger charge is -2.19. The quantitative estimate of drug-likeness (QED) is 0.595. The standard InChI is InChI=1S/C13H10O2/c14-9-2-4-10-8(7-9)1-3-12-11(10)5-6-13(12)15/h1-4,7,12H,5-6H2. The van der Waals surface area contributed by atoms with Crippen LogP contribution in [-0.4, -0.2) is 11.6 Å². The molecule has 0 aromatic heterocycles. The maximum absolute atomic E-state index is 11.6. The van der Waals surface area contributed by atoms with Gasteiger partial charge in [-0.3, -0.25) is 9.59 Å². The highest BCUT2D eigenvalue weighted by Crippen LogP contribution is 2.39. The van der Waals surface area contributed by atoms with Crippen LogP contribution < -0.4 is 0 Å². The molecule has 74 valence electrons. The number of Topliss-reactive ketones (excluding diaryl/α,β-unsaturated/α-hetero) is 1. The highest BCUT2D eigenvalue weighted by molar-refractivity contribution is 6.03. The Labute approximate surface area is 87.7 Å². The van der Waals surface area contributed by atoms with Crippen LogP contribution in [0.5, 0.6) is 0 Å². The summed E-state index contributed by atoms with van der Waals surface area (Å²) < 4.78 is 0. The molecule has 0 aromatic carbocycles. The molecule has 0 N–H and O–H groups in total. The van der Waals surface area contributed by atoms with E-state index in [0.29, 0.717) is 12.2 Å². The highest BCUT2D eigenvalue weighted by atomic mass is 16.1. The molecular weight excluding hydrogens is 188 g/mol. The Morgan fingerprint density at radius 2 is 1.93 bits per heavy atom. The lowest BCUT2D eigenvalue weighted by atomic mass is 9.84. The molecule has 0 bridgehead atoms. The molecule has 3 aliphatic carbocycles. The fraction of sp³-hybridized carbons (Fsp3) is 0.231. The summed E-state index contributed by atoms with van der Waals surface area (Å²) in [5.41, 5.74) is 3.24. The van der Waals surface area contributed by atoms with Crippen LogP contribution in [-0.2, 0) is 9.59 Å². The molecule has 2 nitrogen and oxygen atoms in total. The van der Waals surface area contributed by atoms with Crippen LogP contribution in [0, 0.1) is 5.92 Å². The van der Waals surface area contributed by atoms with Crippen molar-refractivity contribution >= 4 is 11.6 Å². The molecule has 0 aromatic rings. The van der Waals surface area contributed by atoms with Crippen molar-refractivity contribution < 1.29 is 9.59 Å².